The summed E-state index contributed by atoms with van der Waals surface area (Å²) in [5.41, 5.74) is 6.40. The minimum Gasteiger partial charge on any atom is -0.398 e. The average molecular weight is 167 g/mol. The highest BCUT2D eigenvalue weighted by Gasteiger charge is 2.02. The third-order valence-electron chi connectivity index (χ3n) is 1.50. The molecule has 0 atom stereocenters. The van der Waals surface area contributed by atoms with Crippen LogP contribution in [-0.2, 0) is 4.79 Å². The molecule has 2 nitrogen and oxygen atoms in total. The lowest BCUT2D eigenvalue weighted by molar-refractivity contribution is -0.103. The van der Waals surface area contributed by atoms with Gasteiger partial charge in [-0.3, -0.25) is 4.79 Å². The predicted octanol–water partition coefficient (Wildman–Crippen LogP) is 1.87. The molecule has 2 N–H and O–H groups in total. The monoisotopic (exact) mass is 167 g/mol. The number of benzene rings is 1. The van der Waals surface area contributed by atoms with Gasteiger partial charge in [0.15, 0.2) is 0 Å². The maximum Gasteiger partial charge on any atom is 0.150 e. The van der Waals surface area contributed by atoms with Crippen molar-refractivity contribution in [3.63, 3.8) is 0 Å². The van der Waals surface area contributed by atoms with Crippen LogP contribution in [0, 0.1) is 5.82 Å². The van der Waals surface area contributed by atoms with E-state index in [1.54, 1.807) is 0 Å². The summed E-state index contributed by atoms with van der Waals surface area (Å²) >= 11 is 0. The Labute approximate surface area is 71.0 Å². The lowest BCUT2D eigenvalue weighted by atomic mass is 10.1. The summed E-state index contributed by atoms with van der Waals surface area (Å²) in [6.45, 7) is 3.46. The molecular formula is C9H10FNO. The van der Waals surface area contributed by atoms with Crippen molar-refractivity contribution < 1.29 is 10.6 Å². The van der Waals surface area contributed by atoms with E-state index < -0.39 is 5.82 Å². The summed E-state index contributed by atoms with van der Waals surface area (Å²) in [6, 6.07) is 3.83. The number of carbonyl (C=O) groups excluding carboxylic acids is 1. The molecule has 1 rings (SSSR count). The van der Waals surface area contributed by atoms with E-state index in [0.717, 1.165) is 6.07 Å². The van der Waals surface area contributed by atoms with E-state index in [0.29, 0.717) is 11.8 Å². The molecule has 3 heteroatoms. The highest BCUT2D eigenvalue weighted by molar-refractivity contribution is 6.07. The highest BCUT2D eigenvalue weighted by Crippen LogP contribution is 2.19. The molecule has 0 bridgehead atoms. The van der Waals surface area contributed by atoms with Gasteiger partial charge in [0.2, 0.25) is 0 Å². The first-order chi connectivity index (χ1) is 5.65. The molecule has 0 fully saturated rings. The Bertz CT molecular complexity index is 338. The van der Waals surface area contributed by atoms with Crippen LogP contribution in [0.3, 0.4) is 0 Å². The van der Waals surface area contributed by atoms with Gasteiger partial charge in [-0.15, -0.1) is 0 Å². The van der Waals surface area contributed by atoms with Gasteiger partial charge in [0, 0.05) is 18.3 Å². The van der Waals surface area contributed by atoms with Gasteiger partial charge in [-0.1, -0.05) is 6.58 Å². The van der Waals surface area contributed by atoms with Crippen molar-refractivity contribution >= 4 is 17.5 Å². The molecule has 0 heterocycles. The van der Waals surface area contributed by atoms with Crippen LogP contribution in [-0.4, -0.2) is 6.29 Å². The first kappa shape index (κ1) is 8.46. The Balaban J connectivity index is 0.00000144. The fourth-order valence-electron chi connectivity index (χ4n) is 0.890. The van der Waals surface area contributed by atoms with Crippen molar-refractivity contribution in [1.29, 1.82) is 0 Å². The third kappa shape index (κ3) is 1.50. The first-order valence-corrected chi connectivity index (χ1v) is 3.34. The van der Waals surface area contributed by atoms with E-state index in [4.69, 9.17) is 5.73 Å². The van der Waals surface area contributed by atoms with Crippen molar-refractivity contribution in [3.8, 4) is 0 Å². The number of nitrogen functional groups attached to an aromatic ring is 1. The number of carbonyl (C=O) groups is 1. The van der Waals surface area contributed by atoms with Gasteiger partial charge in [0.05, 0.1) is 0 Å². The zero-order valence-electron chi connectivity index (χ0n) is 6.38. The van der Waals surface area contributed by atoms with Gasteiger partial charge >= 0.3 is 0 Å². The molecule has 0 spiro atoms. The van der Waals surface area contributed by atoms with Crippen LogP contribution in [0.5, 0.6) is 0 Å². The fourth-order valence-corrected chi connectivity index (χ4v) is 0.890. The van der Waals surface area contributed by atoms with E-state index in [-0.39, 0.29) is 12.7 Å². The minimum atomic E-state index is -0.421. The molecule has 0 aliphatic carbocycles. The van der Waals surface area contributed by atoms with E-state index in [2.05, 4.69) is 6.58 Å². The van der Waals surface area contributed by atoms with E-state index in [9.17, 15) is 9.18 Å². The number of halogens is 1. The molecule has 0 saturated heterocycles. The summed E-state index contributed by atoms with van der Waals surface area (Å²) in [5.74, 6) is -0.421. The van der Waals surface area contributed by atoms with E-state index in [1.807, 2.05) is 0 Å². The van der Waals surface area contributed by atoms with Crippen molar-refractivity contribution in [3.05, 3.63) is 36.2 Å². The molecule has 12 heavy (non-hydrogen) atoms. The summed E-state index contributed by atoms with van der Waals surface area (Å²) < 4.78 is 12.5. The maximum atomic E-state index is 12.5. The number of allylic oxidation sites excluding steroid dienone is 1. The number of hydrogen-bond donors (Lipinski definition) is 1. The SMILES string of the molecule is C=C(C=O)c1ccc(F)cc1N.[HH]. The van der Waals surface area contributed by atoms with Crippen molar-refractivity contribution in [2.24, 2.45) is 0 Å². The zero-order chi connectivity index (χ0) is 9.14. The van der Waals surface area contributed by atoms with Gasteiger partial charge in [0.25, 0.3) is 0 Å². The molecule has 1 aromatic carbocycles. The van der Waals surface area contributed by atoms with Crippen molar-refractivity contribution in [2.75, 3.05) is 5.73 Å². The van der Waals surface area contributed by atoms with Crippen LogP contribution in [0.4, 0.5) is 10.1 Å². The van der Waals surface area contributed by atoms with E-state index in [1.165, 1.54) is 12.1 Å². The Morgan fingerprint density at radius 3 is 2.83 bits per heavy atom. The second kappa shape index (κ2) is 3.17. The van der Waals surface area contributed by atoms with Crippen LogP contribution in [0.2, 0.25) is 0 Å². The Morgan fingerprint density at radius 2 is 2.33 bits per heavy atom. The van der Waals surface area contributed by atoms with Crippen LogP contribution >= 0.6 is 0 Å². The predicted molar refractivity (Wildman–Crippen MR) is 48.0 cm³/mol. The lowest BCUT2D eigenvalue weighted by Crippen LogP contribution is -1.94. The normalized spacial score (nSPS) is 9.42. The number of hydrogen-bond acceptors (Lipinski definition) is 2. The van der Waals surface area contributed by atoms with Crippen LogP contribution in [0.25, 0.3) is 5.57 Å². The standard InChI is InChI=1S/C9H8FNO.H2/c1-6(5-12)8-3-2-7(10)4-9(8)11;/h2-5H,1,11H2;1H. The van der Waals surface area contributed by atoms with Gasteiger partial charge in [-0.2, -0.15) is 0 Å². The second-order valence-electron chi connectivity index (χ2n) is 2.37. The molecular weight excluding hydrogens is 157 g/mol. The summed E-state index contributed by atoms with van der Waals surface area (Å²) in [4.78, 5) is 10.3. The maximum absolute atomic E-state index is 12.5. The molecule has 0 saturated carbocycles. The molecule has 64 valence electrons. The van der Waals surface area contributed by atoms with Gasteiger partial charge < -0.3 is 5.73 Å². The molecule has 0 aromatic heterocycles. The number of rotatable bonds is 2. The van der Waals surface area contributed by atoms with Crippen molar-refractivity contribution in [1.82, 2.24) is 0 Å². The van der Waals surface area contributed by atoms with Crippen molar-refractivity contribution in [2.45, 2.75) is 0 Å². The van der Waals surface area contributed by atoms with Gasteiger partial charge in [-0.05, 0) is 18.2 Å². The topological polar surface area (TPSA) is 43.1 Å². The van der Waals surface area contributed by atoms with Crippen LogP contribution in [0.15, 0.2) is 24.8 Å². The number of anilines is 1. The molecule has 1 aromatic rings. The second-order valence-corrected chi connectivity index (χ2v) is 2.37. The molecule has 0 unspecified atom stereocenters. The fraction of sp³-hybridized carbons (Fsp3) is 0. The quantitative estimate of drug-likeness (QED) is 0.415. The molecule has 0 aliphatic rings. The molecule has 0 aliphatic heterocycles. The number of nitrogens with two attached hydrogens (primary N) is 1. The first-order valence-electron chi connectivity index (χ1n) is 3.34. The largest absolute Gasteiger partial charge is 0.398 e. The minimum absolute atomic E-state index is 0. The third-order valence-corrected chi connectivity index (χ3v) is 1.50. The van der Waals surface area contributed by atoms with Gasteiger partial charge in [0.1, 0.15) is 12.1 Å². The zero-order valence-corrected chi connectivity index (χ0v) is 6.38. The number of aldehydes is 1. The van der Waals surface area contributed by atoms with Crippen LogP contribution in [0.1, 0.15) is 6.99 Å². The Hall–Kier alpha value is -1.64. The lowest BCUT2D eigenvalue weighted by Gasteiger charge is -2.02. The summed E-state index contributed by atoms with van der Waals surface area (Å²) in [7, 11) is 0. The Kier molecular flexibility index (Phi) is 2.24. The smallest absolute Gasteiger partial charge is 0.150 e. The molecule has 0 amide bonds. The van der Waals surface area contributed by atoms with E-state index >= 15 is 0 Å². The molecule has 0 radical (unpaired) electrons. The highest BCUT2D eigenvalue weighted by atomic mass is 19.1. The summed E-state index contributed by atoms with van der Waals surface area (Å²) in [5, 5.41) is 0. The average Bonchev–Trinajstić information content (AvgIpc) is 2.03. The van der Waals surface area contributed by atoms with Crippen LogP contribution < -0.4 is 5.73 Å². The summed E-state index contributed by atoms with van der Waals surface area (Å²) in [6.07, 6.45) is 0.587. The Morgan fingerprint density at radius 1 is 1.67 bits per heavy atom. The van der Waals surface area contributed by atoms with Gasteiger partial charge in [-0.25, -0.2) is 4.39 Å².